The van der Waals surface area contributed by atoms with E-state index in [4.69, 9.17) is 0 Å². The summed E-state index contributed by atoms with van der Waals surface area (Å²) in [6.45, 7) is 5.43. The van der Waals surface area contributed by atoms with E-state index in [0.29, 0.717) is 29.5 Å². The molecule has 1 aliphatic heterocycles. The Bertz CT molecular complexity index is 873. The summed E-state index contributed by atoms with van der Waals surface area (Å²) in [5, 5.41) is 10.8. The number of aromatic nitrogens is 1. The molecule has 1 fully saturated rings. The lowest BCUT2D eigenvalue weighted by Gasteiger charge is -2.34. The van der Waals surface area contributed by atoms with Crippen LogP contribution in [0, 0.1) is 5.92 Å². The maximum atomic E-state index is 12.5. The van der Waals surface area contributed by atoms with Gasteiger partial charge in [0.15, 0.2) is 5.13 Å². The van der Waals surface area contributed by atoms with Crippen molar-refractivity contribution in [3.05, 3.63) is 41.4 Å². The van der Waals surface area contributed by atoms with Gasteiger partial charge >= 0.3 is 6.03 Å². The molecule has 0 bridgehead atoms. The molecule has 4 amide bonds. The molecule has 3 N–H and O–H groups in total. The zero-order valence-electron chi connectivity index (χ0n) is 17.9. The standard InChI is InChI=1S/C22H29N5O3S/c1-3-15(4-2)20(29)27-12-9-18(10-13-27)25-21(30)24-17-7-5-16(6-8-17)19(28)26-22-23-11-14-31-22/h5-8,11,14-15,18H,3-4,9-10,12-13H2,1-2H3,(H,23,26,28)(H2,24,25,30). The average molecular weight is 444 g/mol. The number of piperidine rings is 1. The van der Waals surface area contributed by atoms with Crippen molar-refractivity contribution in [2.45, 2.75) is 45.6 Å². The van der Waals surface area contributed by atoms with Crippen LogP contribution in [0.3, 0.4) is 0 Å². The van der Waals surface area contributed by atoms with Crippen molar-refractivity contribution in [1.29, 1.82) is 0 Å². The van der Waals surface area contributed by atoms with Crippen LogP contribution in [0.2, 0.25) is 0 Å². The summed E-state index contributed by atoms with van der Waals surface area (Å²) in [5.74, 6) is 0.0759. The Balaban J connectivity index is 1.44. The number of hydrogen-bond acceptors (Lipinski definition) is 5. The van der Waals surface area contributed by atoms with Gasteiger partial charge in [-0.2, -0.15) is 0 Å². The molecule has 9 heteroatoms. The number of nitrogens with one attached hydrogen (secondary N) is 3. The number of anilines is 2. The fourth-order valence-electron chi connectivity index (χ4n) is 3.65. The molecule has 1 aromatic carbocycles. The lowest BCUT2D eigenvalue weighted by Crippen LogP contribution is -2.48. The number of carbonyl (C=O) groups excluding carboxylic acids is 3. The Morgan fingerprint density at radius 1 is 1.10 bits per heavy atom. The highest BCUT2D eigenvalue weighted by Gasteiger charge is 2.27. The van der Waals surface area contributed by atoms with Crippen molar-refractivity contribution in [2.24, 2.45) is 5.92 Å². The molecule has 0 aliphatic carbocycles. The van der Waals surface area contributed by atoms with Gasteiger partial charge in [-0.05, 0) is 49.9 Å². The van der Waals surface area contributed by atoms with Crippen molar-refractivity contribution in [3.8, 4) is 0 Å². The van der Waals surface area contributed by atoms with Gasteiger partial charge in [0.05, 0.1) is 0 Å². The van der Waals surface area contributed by atoms with Crippen LogP contribution in [0.1, 0.15) is 49.9 Å². The Kier molecular flexibility index (Phi) is 8.00. The molecule has 0 atom stereocenters. The number of carbonyl (C=O) groups is 3. The molecule has 2 aromatic rings. The molecule has 8 nitrogen and oxygen atoms in total. The van der Waals surface area contributed by atoms with Gasteiger partial charge in [-0.15, -0.1) is 11.3 Å². The summed E-state index contributed by atoms with van der Waals surface area (Å²) in [6, 6.07) is 6.43. The molecule has 0 spiro atoms. The van der Waals surface area contributed by atoms with Crippen LogP contribution in [0.15, 0.2) is 35.8 Å². The first kappa shape index (κ1) is 22.7. The Hall–Kier alpha value is -2.94. The van der Waals surface area contributed by atoms with E-state index in [9.17, 15) is 14.4 Å². The van der Waals surface area contributed by atoms with Crippen molar-refractivity contribution in [2.75, 3.05) is 23.7 Å². The predicted octanol–water partition coefficient (Wildman–Crippen LogP) is 3.94. The van der Waals surface area contributed by atoms with Gasteiger partial charge in [0.25, 0.3) is 5.91 Å². The van der Waals surface area contributed by atoms with Gasteiger partial charge < -0.3 is 15.5 Å². The first-order chi connectivity index (χ1) is 15.0. The maximum absolute atomic E-state index is 12.5. The molecule has 0 radical (unpaired) electrons. The minimum atomic E-state index is -0.287. The quantitative estimate of drug-likeness (QED) is 0.603. The van der Waals surface area contributed by atoms with E-state index in [0.717, 1.165) is 25.7 Å². The average Bonchev–Trinajstić information content (AvgIpc) is 3.28. The Labute approximate surface area is 186 Å². The molecule has 0 saturated carbocycles. The molecule has 0 unspecified atom stereocenters. The lowest BCUT2D eigenvalue weighted by atomic mass is 9.98. The second-order valence-corrected chi connectivity index (χ2v) is 8.47. The third-order valence-electron chi connectivity index (χ3n) is 5.53. The zero-order chi connectivity index (χ0) is 22.2. The van der Waals surface area contributed by atoms with Crippen molar-refractivity contribution >= 4 is 40.0 Å². The monoisotopic (exact) mass is 443 g/mol. The molecule has 166 valence electrons. The number of nitrogens with zero attached hydrogens (tertiary/aromatic N) is 2. The van der Waals surface area contributed by atoms with E-state index in [1.807, 2.05) is 18.7 Å². The topological polar surface area (TPSA) is 103 Å². The SMILES string of the molecule is CCC(CC)C(=O)N1CCC(NC(=O)Nc2ccc(C(=O)Nc3nccs3)cc2)CC1. The summed E-state index contributed by atoms with van der Waals surface area (Å²) in [4.78, 5) is 43.0. The molecule has 1 saturated heterocycles. The minimum absolute atomic E-state index is 0.0362. The van der Waals surface area contributed by atoms with E-state index >= 15 is 0 Å². The van der Waals surface area contributed by atoms with Crippen molar-refractivity contribution in [3.63, 3.8) is 0 Å². The number of thiazole rings is 1. The summed E-state index contributed by atoms with van der Waals surface area (Å²) in [7, 11) is 0. The first-order valence-electron chi connectivity index (χ1n) is 10.7. The molecule has 3 rings (SSSR count). The molecular formula is C22H29N5O3S. The Morgan fingerprint density at radius 2 is 1.77 bits per heavy atom. The van der Waals surface area contributed by atoms with E-state index in [1.165, 1.54) is 11.3 Å². The van der Waals surface area contributed by atoms with Gasteiger partial charge in [0, 0.05) is 47.9 Å². The van der Waals surface area contributed by atoms with Crippen molar-refractivity contribution in [1.82, 2.24) is 15.2 Å². The van der Waals surface area contributed by atoms with E-state index in [-0.39, 0.29) is 29.8 Å². The normalized spacial score (nSPS) is 14.4. The molecule has 1 aliphatic rings. The highest BCUT2D eigenvalue weighted by atomic mass is 32.1. The highest BCUT2D eigenvalue weighted by Crippen LogP contribution is 2.18. The fourth-order valence-corrected chi connectivity index (χ4v) is 4.18. The van der Waals surface area contributed by atoms with Crippen LogP contribution in [0.5, 0.6) is 0 Å². The van der Waals surface area contributed by atoms with E-state index < -0.39 is 0 Å². The third-order valence-corrected chi connectivity index (χ3v) is 6.22. The van der Waals surface area contributed by atoms with Gasteiger partial charge in [0.1, 0.15) is 0 Å². The molecule has 2 heterocycles. The van der Waals surface area contributed by atoms with E-state index in [1.54, 1.807) is 35.8 Å². The summed E-state index contributed by atoms with van der Waals surface area (Å²) in [5.41, 5.74) is 1.08. The van der Waals surface area contributed by atoms with Crippen LogP contribution in [0.4, 0.5) is 15.6 Å². The second kappa shape index (κ2) is 10.9. The van der Waals surface area contributed by atoms with Crippen LogP contribution >= 0.6 is 11.3 Å². The van der Waals surface area contributed by atoms with E-state index in [2.05, 4.69) is 20.9 Å². The maximum Gasteiger partial charge on any atom is 0.319 e. The zero-order valence-corrected chi connectivity index (χ0v) is 18.7. The number of amides is 4. The second-order valence-electron chi connectivity index (χ2n) is 7.58. The number of rotatable bonds is 7. The highest BCUT2D eigenvalue weighted by molar-refractivity contribution is 7.13. The van der Waals surface area contributed by atoms with Crippen LogP contribution in [-0.2, 0) is 4.79 Å². The molecule has 31 heavy (non-hydrogen) atoms. The van der Waals surface area contributed by atoms with Gasteiger partial charge in [-0.3, -0.25) is 14.9 Å². The Morgan fingerprint density at radius 3 is 2.35 bits per heavy atom. The summed E-state index contributed by atoms with van der Waals surface area (Å²) < 4.78 is 0. The molecule has 1 aromatic heterocycles. The van der Waals surface area contributed by atoms with Crippen molar-refractivity contribution < 1.29 is 14.4 Å². The van der Waals surface area contributed by atoms with Crippen LogP contribution in [0.25, 0.3) is 0 Å². The number of urea groups is 1. The number of hydrogen-bond donors (Lipinski definition) is 3. The number of likely N-dealkylation sites (tertiary alicyclic amines) is 1. The molecular weight excluding hydrogens is 414 g/mol. The number of benzene rings is 1. The minimum Gasteiger partial charge on any atom is -0.342 e. The predicted molar refractivity (Wildman–Crippen MR) is 122 cm³/mol. The van der Waals surface area contributed by atoms with Gasteiger partial charge in [0.2, 0.25) is 5.91 Å². The summed E-state index contributed by atoms with van der Waals surface area (Å²) in [6.07, 6.45) is 4.84. The lowest BCUT2D eigenvalue weighted by molar-refractivity contribution is -0.136. The van der Waals surface area contributed by atoms with Crippen LogP contribution < -0.4 is 16.0 Å². The fraction of sp³-hybridized carbons (Fsp3) is 0.455. The van der Waals surface area contributed by atoms with Gasteiger partial charge in [-0.25, -0.2) is 9.78 Å². The van der Waals surface area contributed by atoms with Crippen LogP contribution in [-0.4, -0.2) is 46.9 Å². The smallest absolute Gasteiger partial charge is 0.319 e. The third kappa shape index (κ3) is 6.27. The first-order valence-corrected chi connectivity index (χ1v) is 11.5. The van der Waals surface area contributed by atoms with Gasteiger partial charge in [-0.1, -0.05) is 13.8 Å². The largest absolute Gasteiger partial charge is 0.342 e. The summed E-state index contributed by atoms with van der Waals surface area (Å²) >= 11 is 1.35.